The van der Waals surface area contributed by atoms with Crippen molar-refractivity contribution in [3.8, 4) is 0 Å². The Morgan fingerprint density at radius 3 is 2.53 bits per heavy atom. The van der Waals surface area contributed by atoms with E-state index in [9.17, 15) is 18.0 Å². The van der Waals surface area contributed by atoms with Crippen LogP contribution in [0.25, 0.3) is 5.32 Å². The molecule has 0 radical (unpaired) electrons. The molecular formula is C20H23F3N4O2Tc. The van der Waals surface area contributed by atoms with E-state index < -0.39 is 11.7 Å². The summed E-state index contributed by atoms with van der Waals surface area (Å²) in [6, 6.07) is 5.74. The zero-order valence-corrected chi connectivity index (χ0v) is 18.4. The fraction of sp³-hybridized carbons (Fsp3) is 0.450. The van der Waals surface area contributed by atoms with Gasteiger partial charge in [-0.1, -0.05) is 18.2 Å². The van der Waals surface area contributed by atoms with Gasteiger partial charge >= 0.3 is 28.5 Å². The van der Waals surface area contributed by atoms with E-state index in [2.05, 4.69) is 15.5 Å². The summed E-state index contributed by atoms with van der Waals surface area (Å²) in [5, 5.41) is 11.3. The van der Waals surface area contributed by atoms with Crippen molar-refractivity contribution in [2.45, 2.75) is 37.9 Å². The van der Waals surface area contributed by atoms with Gasteiger partial charge in [0, 0.05) is 24.3 Å². The number of amides is 1. The van der Waals surface area contributed by atoms with Gasteiger partial charge in [-0.25, -0.2) is 0 Å². The molecule has 4 rings (SSSR count). The maximum atomic E-state index is 13.3. The van der Waals surface area contributed by atoms with Crippen molar-refractivity contribution < 1.29 is 40.3 Å². The van der Waals surface area contributed by atoms with Crippen molar-refractivity contribution in [1.29, 1.82) is 0 Å². The van der Waals surface area contributed by atoms with Gasteiger partial charge in [0.1, 0.15) is 0 Å². The molecule has 10 heteroatoms. The number of aromatic nitrogens is 2. The minimum absolute atomic E-state index is 0. The normalized spacial score (nSPS) is 16.7. The summed E-state index contributed by atoms with van der Waals surface area (Å²) in [6.07, 6.45) is -2.63. The fourth-order valence-corrected chi connectivity index (χ4v) is 4.01. The molecule has 3 heterocycles. The zero-order chi connectivity index (χ0) is 21.0. The van der Waals surface area contributed by atoms with Crippen molar-refractivity contribution >= 4 is 5.91 Å². The van der Waals surface area contributed by atoms with E-state index in [4.69, 9.17) is 3.50 Å². The van der Waals surface area contributed by atoms with Crippen molar-refractivity contribution in [3.05, 3.63) is 65.1 Å². The molecular weight excluding hydrogens is 483 g/mol. The Hall–Kier alpha value is -1.90. The average Bonchev–Trinajstić information content (AvgIpc) is 3.18. The first-order chi connectivity index (χ1) is 13.9. The van der Waals surface area contributed by atoms with Crippen LogP contribution in [-0.2, 0) is 41.5 Å². The number of nitrogens with zero attached hydrogens (tertiary/aromatic N) is 3. The number of carbonyl (C=O) groups is 1. The monoisotopic (exact) mass is 505 g/mol. The summed E-state index contributed by atoms with van der Waals surface area (Å²) in [4.78, 5) is 14.5. The Morgan fingerprint density at radius 2 is 1.87 bits per heavy atom. The molecule has 1 aromatic carbocycles. The molecule has 30 heavy (non-hydrogen) atoms. The molecule has 2 aliphatic rings. The Kier molecular flexibility index (Phi) is 8.46. The quantitative estimate of drug-likeness (QED) is 0.620. The second kappa shape index (κ2) is 10.4. The third kappa shape index (κ3) is 5.04. The number of hydrogen-bond donors (Lipinski definition) is 1. The van der Waals surface area contributed by atoms with Crippen LogP contribution in [0, 0.1) is 7.43 Å². The van der Waals surface area contributed by atoms with Crippen LogP contribution < -0.4 is 0 Å². The molecule has 2 aliphatic heterocycles. The van der Waals surface area contributed by atoms with Crippen molar-refractivity contribution in [3.63, 3.8) is 0 Å². The second-order valence-corrected chi connectivity index (χ2v) is 7.04. The Morgan fingerprint density at radius 1 is 1.20 bits per heavy atom. The van der Waals surface area contributed by atoms with Crippen LogP contribution in [0.1, 0.15) is 51.6 Å². The molecule has 0 saturated carbocycles. The predicted octanol–water partition coefficient (Wildman–Crippen LogP) is 4.21. The van der Waals surface area contributed by atoms with Crippen molar-refractivity contribution in [2.24, 2.45) is 0 Å². The molecule has 2 aromatic rings. The summed E-state index contributed by atoms with van der Waals surface area (Å²) >= 11 is 0.900. The molecule has 0 spiro atoms. The van der Waals surface area contributed by atoms with Crippen LogP contribution in [0.15, 0.2) is 24.3 Å². The van der Waals surface area contributed by atoms with E-state index in [-0.39, 0.29) is 19.3 Å². The van der Waals surface area contributed by atoms with Crippen LogP contribution >= 0.6 is 0 Å². The number of hydrogen-bond acceptors (Lipinski definition) is 3. The standard InChI is InChI=1S/C19H20F3N4O.CH3.O.Tc/c20-19(21,22)15-4-2-1-3-13(15)12-6-9-26(10-7-12)18(27)17-14-5-8-23-11-16(14)24-25-17;;;/h1-4,12H,5-11H2,(H,24,25);1H3;;/q2*-1;;+2. The molecule has 1 fully saturated rings. The van der Waals surface area contributed by atoms with Gasteiger partial charge in [-0.2, -0.15) is 18.3 Å². The van der Waals surface area contributed by atoms with Crippen LogP contribution in [0.3, 0.4) is 0 Å². The first-order valence-corrected chi connectivity index (χ1v) is 10.0. The van der Waals surface area contributed by atoms with E-state index in [1.54, 1.807) is 17.0 Å². The number of rotatable bonds is 2. The first-order valence-electron chi connectivity index (χ1n) is 9.25. The molecule has 0 atom stereocenters. The van der Waals surface area contributed by atoms with E-state index >= 15 is 0 Å². The van der Waals surface area contributed by atoms with E-state index in [1.807, 2.05) is 0 Å². The van der Waals surface area contributed by atoms with Gasteiger partial charge < -0.3 is 17.6 Å². The van der Waals surface area contributed by atoms with Gasteiger partial charge in [-0.05, 0) is 36.8 Å². The number of piperidine rings is 1. The second-order valence-electron chi connectivity index (χ2n) is 7.04. The summed E-state index contributed by atoms with van der Waals surface area (Å²) in [7, 11) is 0. The molecule has 0 unspecified atom stereocenters. The Balaban J connectivity index is 0.00000104. The zero-order valence-electron chi connectivity index (χ0n) is 16.5. The molecule has 163 valence electrons. The number of benzene rings is 1. The number of aromatic amines is 1. The number of alkyl halides is 3. The van der Waals surface area contributed by atoms with Crippen LogP contribution in [-0.4, -0.2) is 40.6 Å². The summed E-state index contributed by atoms with van der Waals surface area (Å²) < 4.78 is 48.0. The van der Waals surface area contributed by atoms with Gasteiger partial charge in [0.05, 0.1) is 5.56 Å². The number of carbonyl (C=O) groups excluding carboxylic acids is 1. The SMILES string of the molecule is O=C(c1n[nH]c2c1CC[N-]C2)N1CCC(c2ccccc2C(F)(F)F)CC1.[CH3-].[O]=[Tc+2]. The third-order valence-corrected chi connectivity index (χ3v) is 5.43. The maximum absolute atomic E-state index is 13.3. The van der Waals surface area contributed by atoms with Gasteiger partial charge in [0.25, 0.3) is 5.91 Å². The number of nitrogens with one attached hydrogen (secondary N) is 1. The summed E-state index contributed by atoms with van der Waals surface area (Å²) in [6.45, 7) is 2.10. The molecule has 0 bridgehead atoms. The van der Waals surface area contributed by atoms with Gasteiger partial charge in [-0.15, -0.1) is 13.1 Å². The van der Waals surface area contributed by atoms with E-state index in [0.29, 0.717) is 56.7 Å². The number of fused-ring (bicyclic) bond motifs is 1. The molecule has 6 nitrogen and oxygen atoms in total. The fourth-order valence-electron chi connectivity index (χ4n) is 4.01. The minimum atomic E-state index is -4.36. The van der Waals surface area contributed by atoms with Gasteiger partial charge in [0.2, 0.25) is 0 Å². The molecule has 0 aliphatic carbocycles. The molecule has 1 amide bonds. The van der Waals surface area contributed by atoms with Gasteiger partial charge in [-0.3, -0.25) is 9.89 Å². The molecule has 1 aromatic heterocycles. The van der Waals surface area contributed by atoms with Crippen molar-refractivity contribution in [1.82, 2.24) is 15.1 Å². The average molecular weight is 506 g/mol. The molecule has 1 saturated heterocycles. The third-order valence-electron chi connectivity index (χ3n) is 5.43. The topological polar surface area (TPSA) is 80.2 Å². The van der Waals surface area contributed by atoms with Gasteiger partial charge in [0.15, 0.2) is 5.69 Å². The Labute approximate surface area is 184 Å². The number of halogens is 3. The first kappa shape index (κ1) is 24.4. The van der Waals surface area contributed by atoms with Crippen LogP contribution in [0.4, 0.5) is 13.2 Å². The van der Waals surface area contributed by atoms with E-state index in [1.165, 1.54) is 6.07 Å². The van der Waals surface area contributed by atoms with Crippen LogP contribution in [0.5, 0.6) is 0 Å². The predicted molar refractivity (Wildman–Crippen MR) is 101 cm³/mol. The van der Waals surface area contributed by atoms with E-state index in [0.717, 1.165) is 36.2 Å². The number of likely N-dealkylation sites (tertiary alicyclic amines) is 1. The van der Waals surface area contributed by atoms with Crippen LogP contribution in [0.2, 0.25) is 0 Å². The Bertz CT molecular complexity index is 864. The summed E-state index contributed by atoms with van der Waals surface area (Å²) in [5.74, 6) is -0.337. The van der Waals surface area contributed by atoms with Crippen molar-refractivity contribution in [2.75, 3.05) is 19.6 Å². The summed E-state index contributed by atoms with van der Waals surface area (Å²) in [5.41, 5.74) is 2.02. The molecule has 1 N–H and O–H groups in total. The number of H-pyrrole nitrogens is 1.